The van der Waals surface area contributed by atoms with Gasteiger partial charge in [-0.2, -0.15) is 0 Å². The van der Waals surface area contributed by atoms with Crippen LogP contribution in [-0.2, 0) is 15.1 Å². The van der Waals surface area contributed by atoms with Crippen molar-refractivity contribution in [3.63, 3.8) is 0 Å². The lowest BCUT2D eigenvalue weighted by molar-refractivity contribution is -0.121. The number of carbonyl (C=O) groups excluding carboxylic acids is 2. The lowest BCUT2D eigenvalue weighted by atomic mass is 9.84. The number of ether oxygens (including phenoxy) is 1. The van der Waals surface area contributed by atoms with Crippen molar-refractivity contribution in [2.24, 2.45) is 5.73 Å². The molecular weight excluding hydrogens is 438 g/mol. The highest BCUT2D eigenvalue weighted by atomic mass is 19.1. The summed E-state index contributed by atoms with van der Waals surface area (Å²) < 4.78 is 33.3. The van der Waals surface area contributed by atoms with Crippen LogP contribution in [0.2, 0.25) is 0 Å². The van der Waals surface area contributed by atoms with Gasteiger partial charge in [0.2, 0.25) is 5.91 Å². The van der Waals surface area contributed by atoms with Crippen LogP contribution in [0.25, 0.3) is 11.1 Å². The van der Waals surface area contributed by atoms with Gasteiger partial charge in [0.25, 0.3) is 0 Å². The molecule has 5 nitrogen and oxygen atoms in total. The topological polar surface area (TPSA) is 72.6 Å². The summed E-state index contributed by atoms with van der Waals surface area (Å²) in [6, 6.07) is 19.7. The van der Waals surface area contributed by atoms with Gasteiger partial charge in [-0.3, -0.25) is 4.79 Å². The fraction of sp³-hybridized carbons (Fsp3) is 0.259. The lowest BCUT2D eigenvalue weighted by Crippen LogP contribution is -2.49. The molecule has 3 aromatic carbocycles. The first kappa shape index (κ1) is 23.4. The average Bonchev–Trinajstić information content (AvgIpc) is 2.83. The molecule has 3 aromatic rings. The average molecular weight is 465 g/mol. The van der Waals surface area contributed by atoms with Crippen molar-refractivity contribution in [3.05, 3.63) is 95.6 Å². The van der Waals surface area contributed by atoms with Gasteiger partial charge in [-0.15, -0.1) is 0 Å². The van der Waals surface area contributed by atoms with Crippen LogP contribution in [-0.4, -0.2) is 23.4 Å². The van der Waals surface area contributed by atoms with E-state index >= 15 is 0 Å². The third-order valence-electron chi connectivity index (χ3n) is 6.45. The fourth-order valence-corrected chi connectivity index (χ4v) is 4.46. The summed E-state index contributed by atoms with van der Waals surface area (Å²) in [5, 5.41) is 0. The molecule has 2 N–H and O–H groups in total. The number of nitrogens with zero attached hydrogens (tertiary/aromatic N) is 1. The van der Waals surface area contributed by atoms with E-state index in [0.29, 0.717) is 30.5 Å². The molecule has 4 rings (SSSR count). The number of nitrogens with two attached hydrogens (primary N) is 1. The van der Waals surface area contributed by atoms with Gasteiger partial charge < -0.3 is 15.4 Å². The Bertz CT molecular complexity index is 1180. The number of primary amides is 1. The standard InChI is InChI=1S/C27H26F2N2O3/c1-18(19-7-9-20(10-8-19)23-12-11-22(28)17-24(23)29)31-16-15-27(34-26(31)33,14-13-25(30)32)21-5-3-2-4-6-21/h2-12,17-18H,13-16H2,1H3,(H2,30,32)/t18-,27+/m0/s1. The van der Waals surface area contributed by atoms with Gasteiger partial charge in [-0.05, 0) is 35.7 Å². The number of cyclic esters (lactones) is 1. The van der Waals surface area contributed by atoms with Crippen LogP contribution in [0.1, 0.15) is 43.4 Å². The Kier molecular flexibility index (Phi) is 6.63. The quantitative estimate of drug-likeness (QED) is 0.488. The zero-order valence-electron chi connectivity index (χ0n) is 18.8. The Hall–Kier alpha value is -3.74. The molecular formula is C27H26F2N2O3. The van der Waals surface area contributed by atoms with Crippen molar-refractivity contribution in [2.45, 2.75) is 37.8 Å². The summed E-state index contributed by atoms with van der Waals surface area (Å²) in [4.78, 5) is 26.2. The molecule has 2 atom stereocenters. The van der Waals surface area contributed by atoms with E-state index in [4.69, 9.17) is 10.5 Å². The van der Waals surface area contributed by atoms with Crippen molar-refractivity contribution in [3.8, 4) is 11.1 Å². The number of carbonyl (C=O) groups is 2. The number of halogens is 2. The van der Waals surface area contributed by atoms with Crippen molar-refractivity contribution in [1.82, 2.24) is 4.90 Å². The van der Waals surface area contributed by atoms with Gasteiger partial charge in [0.1, 0.15) is 17.2 Å². The van der Waals surface area contributed by atoms with Crippen molar-refractivity contribution in [2.75, 3.05) is 6.54 Å². The van der Waals surface area contributed by atoms with Gasteiger partial charge in [0.15, 0.2) is 0 Å². The Morgan fingerprint density at radius 3 is 2.41 bits per heavy atom. The van der Waals surface area contributed by atoms with Crippen LogP contribution >= 0.6 is 0 Å². The molecule has 1 saturated heterocycles. The highest BCUT2D eigenvalue weighted by Crippen LogP contribution is 2.40. The first-order chi connectivity index (χ1) is 16.3. The molecule has 2 amide bonds. The third-order valence-corrected chi connectivity index (χ3v) is 6.45. The zero-order valence-corrected chi connectivity index (χ0v) is 18.8. The fourth-order valence-electron chi connectivity index (χ4n) is 4.46. The van der Waals surface area contributed by atoms with Gasteiger partial charge in [0.05, 0.1) is 6.04 Å². The van der Waals surface area contributed by atoms with E-state index in [1.165, 1.54) is 12.1 Å². The minimum atomic E-state index is -0.909. The molecule has 0 unspecified atom stereocenters. The second-order valence-electron chi connectivity index (χ2n) is 8.56. The van der Waals surface area contributed by atoms with E-state index in [-0.39, 0.29) is 12.5 Å². The SMILES string of the molecule is C[C@@H](c1ccc(-c2ccc(F)cc2F)cc1)N1CC[C@](CCC(N)=O)(c2ccccc2)OC1=O. The van der Waals surface area contributed by atoms with Crippen molar-refractivity contribution < 1.29 is 23.1 Å². The molecule has 34 heavy (non-hydrogen) atoms. The van der Waals surface area contributed by atoms with Crippen LogP contribution in [0.15, 0.2) is 72.8 Å². The summed E-state index contributed by atoms with van der Waals surface area (Å²) in [5.74, 6) is -1.70. The number of amides is 2. The van der Waals surface area contributed by atoms with Crippen LogP contribution in [0.4, 0.5) is 13.6 Å². The molecule has 1 fully saturated rings. The van der Waals surface area contributed by atoms with Crippen molar-refractivity contribution in [1.29, 1.82) is 0 Å². The number of benzene rings is 3. The monoisotopic (exact) mass is 464 g/mol. The Labute approximate surface area is 197 Å². The Morgan fingerprint density at radius 2 is 1.79 bits per heavy atom. The summed E-state index contributed by atoms with van der Waals surface area (Å²) in [6.45, 7) is 2.33. The molecule has 0 radical (unpaired) electrons. The summed E-state index contributed by atoms with van der Waals surface area (Å²) in [6.07, 6.45) is 0.470. The summed E-state index contributed by atoms with van der Waals surface area (Å²) in [7, 11) is 0. The zero-order chi connectivity index (χ0) is 24.3. The van der Waals surface area contributed by atoms with E-state index in [1.807, 2.05) is 49.4 Å². The van der Waals surface area contributed by atoms with E-state index in [2.05, 4.69) is 0 Å². The van der Waals surface area contributed by atoms with E-state index in [1.54, 1.807) is 17.0 Å². The predicted octanol–water partition coefficient (Wildman–Crippen LogP) is 5.70. The maximum Gasteiger partial charge on any atom is 0.411 e. The molecule has 0 aromatic heterocycles. The maximum atomic E-state index is 14.1. The van der Waals surface area contributed by atoms with Crippen LogP contribution in [0.3, 0.4) is 0 Å². The van der Waals surface area contributed by atoms with Crippen molar-refractivity contribution >= 4 is 12.0 Å². The predicted molar refractivity (Wildman–Crippen MR) is 125 cm³/mol. The molecule has 0 saturated carbocycles. The molecule has 0 bridgehead atoms. The Balaban J connectivity index is 1.52. The number of rotatable bonds is 7. The first-order valence-electron chi connectivity index (χ1n) is 11.2. The van der Waals surface area contributed by atoms with Crippen LogP contribution in [0, 0.1) is 11.6 Å². The third kappa shape index (κ3) is 4.78. The Morgan fingerprint density at radius 1 is 1.09 bits per heavy atom. The molecule has 1 aliphatic heterocycles. The molecule has 0 aliphatic carbocycles. The smallest absolute Gasteiger partial charge is 0.411 e. The van der Waals surface area contributed by atoms with Crippen LogP contribution < -0.4 is 5.73 Å². The van der Waals surface area contributed by atoms with Gasteiger partial charge in [-0.1, -0.05) is 54.6 Å². The first-order valence-corrected chi connectivity index (χ1v) is 11.2. The largest absolute Gasteiger partial charge is 0.438 e. The van der Waals surface area contributed by atoms with Crippen LogP contribution in [0.5, 0.6) is 0 Å². The maximum absolute atomic E-state index is 14.1. The van der Waals surface area contributed by atoms with E-state index in [9.17, 15) is 18.4 Å². The minimum absolute atomic E-state index is 0.110. The highest BCUT2D eigenvalue weighted by molar-refractivity contribution is 5.74. The molecule has 0 spiro atoms. The van der Waals surface area contributed by atoms with Gasteiger partial charge in [0, 0.05) is 37.4 Å². The number of hydrogen-bond donors (Lipinski definition) is 1. The second kappa shape index (κ2) is 9.63. The van der Waals surface area contributed by atoms with E-state index < -0.39 is 29.2 Å². The van der Waals surface area contributed by atoms with Gasteiger partial charge >= 0.3 is 6.09 Å². The molecule has 1 heterocycles. The molecule has 7 heteroatoms. The number of hydrogen-bond acceptors (Lipinski definition) is 3. The van der Waals surface area contributed by atoms with E-state index in [0.717, 1.165) is 17.2 Å². The second-order valence-corrected chi connectivity index (χ2v) is 8.56. The minimum Gasteiger partial charge on any atom is -0.438 e. The molecule has 176 valence electrons. The molecule has 1 aliphatic rings. The lowest BCUT2D eigenvalue weighted by Gasteiger charge is -2.43. The highest BCUT2D eigenvalue weighted by Gasteiger charge is 2.43. The van der Waals surface area contributed by atoms with Gasteiger partial charge in [-0.25, -0.2) is 13.6 Å². The summed E-state index contributed by atoms with van der Waals surface area (Å²) >= 11 is 0. The summed E-state index contributed by atoms with van der Waals surface area (Å²) in [5.41, 5.74) is 7.07. The normalized spacial score (nSPS) is 18.9.